The van der Waals surface area contributed by atoms with Gasteiger partial charge < -0.3 is 20.1 Å². The standard InChI is InChI=1S/C28H36N2O5/c1-5-30(19(4)14-27(32)33)26(31)15-20(18(2)3)16-29-28(34)35-17-25-23-12-8-6-10-21(23)22-11-7-9-13-24(22)25/h6-13,18-20,25H,5,14-17H2,1-4H3,(H,29,34)(H,32,33). The number of nitrogens with zero attached hydrogens (tertiary/aromatic N) is 1. The second-order valence-corrected chi connectivity index (χ2v) is 9.54. The minimum Gasteiger partial charge on any atom is -0.481 e. The van der Waals surface area contributed by atoms with Crippen molar-refractivity contribution in [1.29, 1.82) is 0 Å². The van der Waals surface area contributed by atoms with E-state index in [-0.39, 0.29) is 49.2 Å². The first-order valence-corrected chi connectivity index (χ1v) is 12.3. The van der Waals surface area contributed by atoms with Gasteiger partial charge in [0.15, 0.2) is 0 Å². The van der Waals surface area contributed by atoms with Gasteiger partial charge in [0.05, 0.1) is 6.42 Å². The fourth-order valence-electron chi connectivity index (χ4n) is 4.85. The molecular formula is C28H36N2O5. The number of carboxylic acids is 1. The molecule has 1 aliphatic rings. The van der Waals surface area contributed by atoms with E-state index in [0.717, 1.165) is 11.1 Å². The van der Waals surface area contributed by atoms with Gasteiger partial charge in [0.2, 0.25) is 5.91 Å². The summed E-state index contributed by atoms with van der Waals surface area (Å²) in [7, 11) is 0. The van der Waals surface area contributed by atoms with Crippen LogP contribution in [0.1, 0.15) is 57.6 Å². The average molecular weight is 481 g/mol. The van der Waals surface area contributed by atoms with Gasteiger partial charge in [-0.3, -0.25) is 9.59 Å². The molecule has 7 heteroatoms. The first-order chi connectivity index (χ1) is 16.7. The summed E-state index contributed by atoms with van der Waals surface area (Å²) >= 11 is 0. The summed E-state index contributed by atoms with van der Waals surface area (Å²) in [6.45, 7) is 8.59. The van der Waals surface area contributed by atoms with E-state index in [1.807, 2.05) is 45.0 Å². The quantitative estimate of drug-likeness (QED) is 0.477. The van der Waals surface area contributed by atoms with Gasteiger partial charge in [-0.25, -0.2) is 4.79 Å². The van der Waals surface area contributed by atoms with E-state index in [0.29, 0.717) is 13.1 Å². The van der Waals surface area contributed by atoms with Crippen LogP contribution < -0.4 is 5.32 Å². The highest BCUT2D eigenvalue weighted by molar-refractivity contribution is 5.79. The molecule has 2 atom stereocenters. The number of rotatable bonds is 11. The SMILES string of the molecule is CCN(C(=O)CC(CNC(=O)OCC1c2ccccc2-c2ccccc21)C(C)C)C(C)CC(=O)O. The molecule has 0 aromatic heterocycles. The predicted molar refractivity (Wildman–Crippen MR) is 135 cm³/mol. The third kappa shape index (κ3) is 6.41. The summed E-state index contributed by atoms with van der Waals surface area (Å²) in [4.78, 5) is 38.1. The lowest BCUT2D eigenvalue weighted by Crippen LogP contribution is -2.42. The number of aliphatic carboxylic acids is 1. The Bertz CT molecular complexity index is 1010. The average Bonchev–Trinajstić information content (AvgIpc) is 3.14. The van der Waals surface area contributed by atoms with Crippen LogP contribution in [0, 0.1) is 11.8 Å². The Labute approximate surface area is 207 Å². The molecule has 2 unspecified atom stereocenters. The molecular weight excluding hydrogens is 444 g/mol. The Hall–Kier alpha value is -3.35. The van der Waals surface area contributed by atoms with Crippen LogP contribution in [0.3, 0.4) is 0 Å². The maximum atomic E-state index is 12.9. The topological polar surface area (TPSA) is 95.9 Å². The van der Waals surface area contributed by atoms with Gasteiger partial charge in [-0.2, -0.15) is 0 Å². The first-order valence-electron chi connectivity index (χ1n) is 12.3. The number of carbonyl (C=O) groups excluding carboxylic acids is 2. The van der Waals surface area contributed by atoms with Gasteiger partial charge >= 0.3 is 12.1 Å². The third-order valence-corrected chi connectivity index (χ3v) is 6.90. The molecule has 2 amide bonds. The van der Waals surface area contributed by atoms with E-state index in [2.05, 4.69) is 29.6 Å². The second-order valence-electron chi connectivity index (χ2n) is 9.54. The number of nitrogens with one attached hydrogen (secondary N) is 1. The van der Waals surface area contributed by atoms with Crippen LogP contribution in [0.25, 0.3) is 11.1 Å². The van der Waals surface area contributed by atoms with Crippen LogP contribution in [0.15, 0.2) is 48.5 Å². The summed E-state index contributed by atoms with van der Waals surface area (Å²) in [6.07, 6.45) is -0.361. The minimum absolute atomic E-state index is 0.00976. The molecule has 1 aliphatic carbocycles. The lowest BCUT2D eigenvalue weighted by molar-refractivity contribution is -0.140. The van der Waals surface area contributed by atoms with Crippen LogP contribution >= 0.6 is 0 Å². The van der Waals surface area contributed by atoms with Crippen molar-refractivity contribution in [1.82, 2.24) is 10.2 Å². The van der Waals surface area contributed by atoms with E-state index in [4.69, 9.17) is 9.84 Å². The van der Waals surface area contributed by atoms with Gasteiger partial charge in [0.25, 0.3) is 0 Å². The smallest absolute Gasteiger partial charge is 0.407 e. The van der Waals surface area contributed by atoms with Gasteiger partial charge in [-0.15, -0.1) is 0 Å². The van der Waals surface area contributed by atoms with E-state index >= 15 is 0 Å². The van der Waals surface area contributed by atoms with Crippen molar-refractivity contribution in [2.45, 2.75) is 52.5 Å². The van der Waals surface area contributed by atoms with Crippen molar-refractivity contribution in [3.8, 4) is 11.1 Å². The molecule has 2 aromatic rings. The summed E-state index contributed by atoms with van der Waals surface area (Å²) in [5.74, 6) is -0.977. The number of hydrogen-bond donors (Lipinski definition) is 2. The van der Waals surface area contributed by atoms with Crippen molar-refractivity contribution >= 4 is 18.0 Å². The van der Waals surface area contributed by atoms with Gasteiger partial charge in [0, 0.05) is 31.5 Å². The monoisotopic (exact) mass is 480 g/mol. The van der Waals surface area contributed by atoms with E-state index < -0.39 is 12.1 Å². The summed E-state index contributed by atoms with van der Waals surface area (Å²) < 4.78 is 5.61. The minimum atomic E-state index is -0.930. The van der Waals surface area contributed by atoms with Crippen molar-refractivity contribution in [3.05, 3.63) is 59.7 Å². The second kappa shape index (κ2) is 11.9. The molecule has 0 fully saturated rings. The van der Waals surface area contributed by atoms with E-state index in [1.54, 1.807) is 11.8 Å². The van der Waals surface area contributed by atoms with Crippen molar-refractivity contribution in [2.24, 2.45) is 11.8 Å². The molecule has 0 heterocycles. The van der Waals surface area contributed by atoms with Gasteiger partial charge in [0.1, 0.15) is 6.61 Å². The Morgan fingerprint density at radius 2 is 1.54 bits per heavy atom. The molecule has 2 N–H and O–H groups in total. The van der Waals surface area contributed by atoms with Crippen molar-refractivity contribution in [3.63, 3.8) is 0 Å². The zero-order chi connectivity index (χ0) is 25.5. The lowest BCUT2D eigenvalue weighted by Gasteiger charge is -2.30. The van der Waals surface area contributed by atoms with Crippen LogP contribution in [-0.4, -0.2) is 53.7 Å². The zero-order valence-corrected chi connectivity index (χ0v) is 21.0. The molecule has 3 rings (SSSR count). The Kier molecular flexibility index (Phi) is 8.90. The Morgan fingerprint density at radius 1 is 0.971 bits per heavy atom. The molecule has 0 spiro atoms. The highest BCUT2D eigenvalue weighted by Crippen LogP contribution is 2.44. The van der Waals surface area contributed by atoms with E-state index in [9.17, 15) is 14.4 Å². The molecule has 7 nitrogen and oxygen atoms in total. The highest BCUT2D eigenvalue weighted by Gasteiger charge is 2.29. The molecule has 0 radical (unpaired) electrons. The van der Waals surface area contributed by atoms with Gasteiger partial charge in [-0.05, 0) is 47.9 Å². The molecule has 0 saturated heterocycles. The normalized spacial score (nSPS) is 14.1. The van der Waals surface area contributed by atoms with Crippen LogP contribution in [0.2, 0.25) is 0 Å². The predicted octanol–water partition coefficient (Wildman–Crippen LogP) is 4.90. The van der Waals surface area contributed by atoms with E-state index in [1.165, 1.54) is 11.1 Å². The Morgan fingerprint density at radius 3 is 2.06 bits per heavy atom. The number of hydrogen-bond acceptors (Lipinski definition) is 4. The number of fused-ring (bicyclic) bond motifs is 3. The fraction of sp³-hybridized carbons (Fsp3) is 0.464. The summed E-state index contributed by atoms with van der Waals surface area (Å²) in [5.41, 5.74) is 4.66. The number of ether oxygens (including phenoxy) is 1. The van der Waals surface area contributed by atoms with Crippen molar-refractivity contribution < 1.29 is 24.2 Å². The number of alkyl carbamates (subject to hydrolysis) is 1. The van der Waals surface area contributed by atoms with Crippen LogP contribution in [0.5, 0.6) is 0 Å². The highest BCUT2D eigenvalue weighted by atomic mass is 16.5. The van der Waals surface area contributed by atoms with Crippen molar-refractivity contribution in [2.75, 3.05) is 19.7 Å². The van der Waals surface area contributed by atoms with Gasteiger partial charge in [-0.1, -0.05) is 62.4 Å². The largest absolute Gasteiger partial charge is 0.481 e. The lowest BCUT2D eigenvalue weighted by atomic mass is 9.91. The molecule has 188 valence electrons. The molecule has 0 aliphatic heterocycles. The molecule has 0 bridgehead atoms. The van der Waals surface area contributed by atoms with Crippen LogP contribution in [-0.2, 0) is 14.3 Å². The summed E-state index contributed by atoms with van der Waals surface area (Å²) in [5, 5.41) is 11.9. The van der Waals surface area contributed by atoms with Crippen LogP contribution in [0.4, 0.5) is 4.79 Å². The third-order valence-electron chi connectivity index (χ3n) is 6.90. The number of benzene rings is 2. The number of carbonyl (C=O) groups is 3. The first kappa shape index (κ1) is 26.3. The maximum absolute atomic E-state index is 12.9. The molecule has 0 saturated carbocycles. The fourth-order valence-corrected chi connectivity index (χ4v) is 4.85. The molecule has 35 heavy (non-hydrogen) atoms. The molecule has 2 aromatic carbocycles. The summed E-state index contributed by atoms with van der Waals surface area (Å²) in [6, 6.07) is 16.0. The number of carboxylic acid groups (broad SMARTS) is 1. The zero-order valence-electron chi connectivity index (χ0n) is 21.0. The maximum Gasteiger partial charge on any atom is 0.407 e. The number of amides is 2. The Balaban J connectivity index is 1.56.